The monoisotopic (exact) mass is 267 g/mol. The van der Waals surface area contributed by atoms with E-state index < -0.39 is 0 Å². The van der Waals surface area contributed by atoms with Gasteiger partial charge >= 0.3 is 0 Å². The van der Waals surface area contributed by atoms with Crippen LogP contribution in [0.5, 0.6) is 0 Å². The molecule has 2 heterocycles. The van der Waals surface area contributed by atoms with Crippen molar-refractivity contribution in [1.82, 2.24) is 25.2 Å². The molecule has 0 aliphatic heterocycles. The minimum atomic E-state index is 0.169. The van der Waals surface area contributed by atoms with Crippen molar-refractivity contribution in [2.45, 2.75) is 39.5 Å². The highest BCUT2D eigenvalue weighted by molar-refractivity contribution is 7.13. The second-order valence-corrected chi connectivity index (χ2v) is 5.43. The third kappa shape index (κ3) is 2.56. The van der Waals surface area contributed by atoms with Crippen LogP contribution in [0, 0.1) is 6.92 Å². The smallest absolute Gasteiger partial charge is 0.234 e. The Kier molecular flexibility index (Phi) is 4.03. The van der Waals surface area contributed by atoms with Crippen molar-refractivity contribution in [1.29, 1.82) is 0 Å². The molecule has 0 unspecified atom stereocenters. The largest absolute Gasteiger partial charge is 0.396 e. The number of nitrogens with zero attached hydrogens (tertiary/aromatic N) is 5. The van der Waals surface area contributed by atoms with Crippen LogP contribution in [0.1, 0.15) is 42.6 Å². The summed E-state index contributed by atoms with van der Waals surface area (Å²) in [6.07, 6.45) is 1.44. The van der Waals surface area contributed by atoms with Crippen molar-refractivity contribution < 1.29 is 5.11 Å². The molecule has 1 N–H and O–H groups in total. The zero-order valence-corrected chi connectivity index (χ0v) is 11.6. The van der Waals surface area contributed by atoms with Crippen LogP contribution < -0.4 is 0 Å². The first-order valence-corrected chi connectivity index (χ1v) is 6.81. The second-order valence-electron chi connectivity index (χ2n) is 4.44. The van der Waals surface area contributed by atoms with Crippen LogP contribution in [0.15, 0.2) is 0 Å². The van der Waals surface area contributed by atoms with E-state index in [4.69, 9.17) is 5.11 Å². The Morgan fingerprint density at radius 3 is 2.67 bits per heavy atom. The zero-order chi connectivity index (χ0) is 13.1. The normalized spacial score (nSPS) is 11.4. The zero-order valence-electron chi connectivity index (χ0n) is 10.8. The maximum absolute atomic E-state index is 8.83. The first kappa shape index (κ1) is 13.1. The summed E-state index contributed by atoms with van der Waals surface area (Å²) in [5, 5.41) is 27.1. The first-order chi connectivity index (χ1) is 8.63. The van der Waals surface area contributed by atoms with Gasteiger partial charge in [-0.05, 0) is 19.8 Å². The summed E-state index contributed by atoms with van der Waals surface area (Å²) in [4.78, 5) is 0. The Morgan fingerprint density at radius 2 is 2.06 bits per heavy atom. The predicted octanol–water partition coefficient (Wildman–Crippen LogP) is 1.48. The molecular formula is C11H17N5OS. The molecule has 2 rings (SSSR count). The highest BCUT2D eigenvalue weighted by Crippen LogP contribution is 2.22. The van der Waals surface area contributed by atoms with E-state index in [-0.39, 0.29) is 6.61 Å². The Labute approximate surface area is 110 Å². The third-order valence-corrected chi connectivity index (χ3v) is 3.87. The molecule has 2 aromatic rings. The minimum absolute atomic E-state index is 0.169. The van der Waals surface area contributed by atoms with Crippen LogP contribution in [0.3, 0.4) is 0 Å². The number of aliphatic hydroxyl groups excluding tert-OH is 1. The summed E-state index contributed by atoms with van der Waals surface area (Å²) in [5.74, 6) is 0.369. The Morgan fingerprint density at radius 1 is 1.28 bits per heavy atom. The topological polar surface area (TPSA) is 76.7 Å². The fraction of sp³-hybridized carbons (Fsp3) is 0.636. The lowest BCUT2D eigenvalue weighted by Crippen LogP contribution is -1.99. The molecule has 2 aromatic heterocycles. The van der Waals surface area contributed by atoms with Crippen LogP contribution in [-0.4, -0.2) is 36.9 Å². The molecule has 0 aliphatic rings. The van der Waals surface area contributed by atoms with E-state index in [0.29, 0.717) is 12.3 Å². The van der Waals surface area contributed by atoms with Gasteiger partial charge in [0.25, 0.3) is 0 Å². The molecule has 0 bridgehead atoms. The summed E-state index contributed by atoms with van der Waals surface area (Å²) in [7, 11) is 0. The lowest BCUT2D eigenvalue weighted by molar-refractivity contribution is 0.288. The van der Waals surface area contributed by atoms with Crippen LogP contribution in [-0.2, 0) is 6.42 Å². The maximum Gasteiger partial charge on any atom is 0.234 e. The van der Waals surface area contributed by atoms with Gasteiger partial charge < -0.3 is 5.11 Å². The summed E-state index contributed by atoms with van der Waals surface area (Å²) < 4.78 is 1.72. The van der Waals surface area contributed by atoms with Crippen LogP contribution in [0.25, 0.3) is 5.13 Å². The summed E-state index contributed by atoms with van der Waals surface area (Å²) >= 11 is 1.53. The maximum atomic E-state index is 8.83. The van der Waals surface area contributed by atoms with E-state index in [9.17, 15) is 0 Å². The average molecular weight is 267 g/mol. The third-order valence-electron chi connectivity index (χ3n) is 2.67. The molecule has 6 nitrogen and oxygen atoms in total. The molecule has 0 spiro atoms. The molecule has 98 valence electrons. The molecule has 0 saturated carbocycles. The molecule has 0 amide bonds. The number of aromatic nitrogens is 5. The Hall–Kier alpha value is -1.34. The van der Waals surface area contributed by atoms with Gasteiger partial charge in [-0.3, -0.25) is 0 Å². The quantitative estimate of drug-likeness (QED) is 0.887. The van der Waals surface area contributed by atoms with E-state index in [1.54, 1.807) is 4.68 Å². The highest BCUT2D eigenvalue weighted by Gasteiger charge is 2.14. The SMILES string of the molecule is Cc1c(CCCO)nnn1-c1nnc(C(C)C)s1. The Balaban J connectivity index is 2.24. The van der Waals surface area contributed by atoms with Crippen molar-refractivity contribution in [3.63, 3.8) is 0 Å². The van der Waals surface area contributed by atoms with Gasteiger partial charge in [-0.2, -0.15) is 4.68 Å². The molecule has 0 fully saturated rings. The molecule has 7 heteroatoms. The fourth-order valence-electron chi connectivity index (χ4n) is 1.56. The molecule has 0 aliphatic carbocycles. The van der Waals surface area contributed by atoms with Gasteiger partial charge in [-0.25, -0.2) is 0 Å². The summed E-state index contributed by atoms with van der Waals surface area (Å²) in [5.41, 5.74) is 1.88. The van der Waals surface area contributed by atoms with Crippen molar-refractivity contribution >= 4 is 11.3 Å². The van der Waals surface area contributed by atoms with Crippen molar-refractivity contribution in [2.75, 3.05) is 6.61 Å². The molecule has 0 atom stereocenters. The predicted molar refractivity (Wildman–Crippen MR) is 69.1 cm³/mol. The number of aliphatic hydroxyl groups is 1. The number of aryl methyl sites for hydroxylation is 1. The minimum Gasteiger partial charge on any atom is -0.396 e. The van der Waals surface area contributed by atoms with Gasteiger partial charge in [0.2, 0.25) is 5.13 Å². The van der Waals surface area contributed by atoms with Gasteiger partial charge in [0.1, 0.15) is 5.01 Å². The molecular weight excluding hydrogens is 250 g/mol. The molecule has 0 saturated heterocycles. The van der Waals surface area contributed by atoms with E-state index in [0.717, 1.165) is 27.9 Å². The number of hydrogen-bond donors (Lipinski definition) is 1. The van der Waals surface area contributed by atoms with Gasteiger partial charge in [0, 0.05) is 12.5 Å². The van der Waals surface area contributed by atoms with Gasteiger partial charge in [-0.15, -0.1) is 15.3 Å². The van der Waals surface area contributed by atoms with Crippen molar-refractivity contribution in [3.05, 3.63) is 16.4 Å². The second kappa shape index (κ2) is 5.53. The standard InChI is InChI=1S/C11H17N5OS/c1-7(2)10-13-14-11(18-10)16-8(3)9(12-15-16)5-4-6-17/h7,17H,4-6H2,1-3H3. The van der Waals surface area contributed by atoms with Crippen LogP contribution >= 0.6 is 11.3 Å². The summed E-state index contributed by atoms with van der Waals surface area (Å²) in [6.45, 7) is 6.31. The van der Waals surface area contributed by atoms with Gasteiger partial charge in [-0.1, -0.05) is 30.4 Å². The molecule has 18 heavy (non-hydrogen) atoms. The van der Waals surface area contributed by atoms with E-state index >= 15 is 0 Å². The van der Waals surface area contributed by atoms with E-state index in [2.05, 4.69) is 34.4 Å². The van der Waals surface area contributed by atoms with Gasteiger partial charge in [0.15, 0.2) is 0 Å². The summed E-state index contributed by atoms with van der Waals surface area (Å²) in [6, 6.07) is 0. The van der Waals surface area contributed by atoms with Crippen LogP contribution in [0.2, 0.25) is 0 Å². The van der Waals surface area contributed by atoms with E-state index in [1.807, 2.05) is 6.92 Å². The molecule has 0 radical (unpaired) electrons. The lowest BCUT2D eigenvalue weighted by Gasteiger charge is -1.98. The first-order valence-electron chi connectivity index (χ1n) is 5.99. The average Bonchev–Trinajstić information content (AvgIpc) is 2.93. The Bertz CT molecular complexity index is 519. The van der Waals surface area contributed by atoms with Crippen molar-refractivity contribution in [2.24, 2.45) is 0 Å². The fourth-order valence-corrected chi connectivity index (χ4v) is 2.41. The van der Waals surface area contributed by atoms with Crippen molar-refractivity contribution in [3.8, 4) is 5.13 Å². The van der Waals surface area contributed by atoms with Gasteiger partial charge in [0.05, 0.1) is 11.4 Å². The van der Waals surface area contributed by atoms with Crippen LogP contribution in [0.4, 0.5) is 0 Å². The molecule has 0 aromatic carbocycles. The van der Waals surface area contributed by atoms with E-state index in [1.165, 1.54) is 11.3 Å². The number of hydrogen-bond acceptors (Lipinski definition) is 6. The number of rotatable bonds is 5. The lowest BCUT2D eigenvalue weighted by atomic mass is 10.2. The highest BCUT2D eigenvalue weighted by atomic mass is 32.1.